The molecule has 0 aliphatic heterocycles. The molecule has 0 saturated carbocycles. The summed E-state index contributed by atoms with van der Waals surface area (Å²) in [6.45, 7) is 3.57. The van der Waals surface area contributed by atoms with Crippen LogP contribution in [0.2, 0.25) is 0 Å². The number of hydrogen-bond acceptors (Lipinski definition) is 4. The van der Waals surface area contributed by atoms with Crippen molar-refractivity contribution >= 4 is 0 Å². The van der Waals surface area contributed by atoms with Crippen LogP contribution in [0.1, 0.15) is 22.4 Å². The van der Waals surface area contributed by atoms with Gasteiger partial charge in [-0.25, -0.2) is 4.68 Å². The normalized spacial score (nSPS) is 11.6. The van der Waals surface area contributed by atoms with Gasteiger partial charge in [0.15, 0.2) is 0 Å². The van der Waals surface area contributed by atoms with Gasteiger partial charge in [0.2, 0.25) is 0 Å². The van der Waals surface area contributed by atoms with Crippen LogP contribution < -0.4 is 4.74 Å². The number of aromatic hydroxyl groups is 1. The van der Waals surface area contributed by atoms with Gasteiger partial charge in [0.05, 0.1) is 11.9 Å². The Hall–Kier alpha value is -4.53. The largest absolute Gasteiger partial charge is 0.507 e. The van der Waals surface area contributed by atoms with Gasteiger partial charge >= 0.3 is 6.18 Å². The van der Waals surface area contributed by atoms with Gasteiger partial charge in [0.1, 0.15) is 29.5 Å². The van der Waals surface area contributed by atoms with E-state index in [4.69, 9.17) is 4.74 Å². The van der Waals surface area contributed by atoms with Crippen LogP contribution in [0.4, 0.5) is 13.2 Å². The van der Waals surface area contributed by atoms with Crippen LogP contribution in [0.25, 0.3) is 28.1 Å². The smallest absolute Gasteiger partial charge is 0.433 e. The van der Waals surface area contributed by atoms with Crippen LogP contribution in [-0.2, 0) is 12.8 Å². The fourth-order valence-electron chi connectivity index (χ4n) is 4.20. The van der Waals surface area contributed by atoms with E-state index in [2.05, 4.69) is 15.3 Å². The Morgan fingerprint density at radius 3 is 2.41 bits per heavy atom. The van der Waals surface area contributed by atoms with Crippen LogP contribution in [0, 0.1) is 13.8 Å². The fourth-order valence-corrected chi connectivity index (χ4v) is 4.20. The number of H-pyrrole nitrogens is 1. The summed E-state index contributed by atoms with van der Waals surface area (Å²) >= 11 is 0. The number of phenols is 1. The van der Waals surface area contributed by atoms with E-state index >= 15 is 0 Å². The topological polar surface area (TPSA) is 76.0 Å². The highest BCUT2D eigenvalue weighted by atomic mass is 19.4. The lowest BCUT2D eigenvalue weighted by atomic mass is 9.94. The number of para-hydroxylation sites is 1. The fraction of sp³-hybridized carbons (Fsp3) is 0.143. The Labute approximate surface area is 211 Å². The molecule has 2 N–H and O–H groups in total. The molecule has 0 amide bonds. The molecule has 6 nitrogen and oxygen atoms in total. The van der Waals surface area contributed by atoms with Gasteiger partial charge in [-0.3, -0.25) is 5.10 Å². The van der Waals surface area contributed by atoms with E-state index in [1.165, 1.54) is 6.07 Å². The number of benzene rings is 3. The number of nitrogens with one attached hydrogen (secondary N) is 1. The average Bonchev–Trinajstić information content (AvgIpc) is 3.54. The molecule has 0 aliphatic rings. The van der Waals surface area contributed by atoms with Crippen LogP contribution in [0.5, 0.6) is 11.5 Å². The summed E-state index contributed by atoms with van der Waals surface area (Å²) < 4.78 is 49.2. The maximum Gasteiger partial charge on any atom is 0.433 e. The summed E-state index contributed by atoms with van der Waals surface area (Å²) in [6, 6.07) is 19.5. The molecular formula is C28H23F3N4O2. The predicted octanol–water partition coefficient (Wildman–Crippen LogP) is 6.85. The molecule has 5 rings (SSSR count). The van der Waals surface area contributed by atoms with Crippen LogP contribution in [0.15, 0.2) is 79.1 Å². The second-order valence-electron chi connectivity index (χ2n) is 8.64. The number of ether oxygens (including phenoxy) is 1. The molecule has 9 heteroatoms. The first-order valence-corrected chi connectivity index (χ1v) is 11.5. The Morgan fingerprint density at radius 2 is 1.68 bits per heavy atom. The lowest BCUT2D eigenvalue weighted by Gasteiger charge is -2.14. The third-order valence-corrected chi connectivity index (χ3v) is 6.15. The van der Waals surface area contributed by atoms with Crippen LogP contribution in [-0.4, -0.2) is 25.1 Å². The summed E-state index contributed by atoms with van der Waals surface area (Å²) in [5.41, 5.74) is 2.26. The number of alkyl halides is 3. The van der Waals surface area contributed by atoms with Gasteiger partial charge in [0.25, 0.3) is 0 Å². The van der Waals surface area contributed by atoms with E-state index in [1.54, 1.807) is 55.1 Å². The van der Waals surface area contributed by atoms with E-state index < -0.39 is 11.9 Å². The Morgan fingerprint density at radius 1 is 0.946 bits per heavy atom. The van der Waals surface area contributed by atoms with Crippen molar-refractivity contribution < 1.29 is 23.0 Å². The molecule has 2 aromatic heterocycles. The Balaban J connectivity index is 1.46. The summed E-state index contributed by atoms with van der Waals surface area (Å²) in [7, 11) is 0. The minimum absolute atomic E-state index is 0.0120. The number of hydrogen-bond donors (Lipinski definition) is 2. The first kappa shape index (κ1) is 24.2. The van der Waals surface area contributed by atoms with Crippen molar-refractivity contribution in [1.29, 1.82) is 0 Å². The van der Waals surface area contributed by atoms with Gasteiger partial charge < -0.3 is 9.84 Å². The lowest BCUT2D eigenvalue weighted by Crippen LogP contribution is -2.07. The standard InChI is InChI=1S/C28H23F3N4O2/c1-17-8-6-7-11-21(17)24-25(33-34-27(24)28(29,30)31)22-12-13-23(18(2)26(22)36)37-16-19-14-32-35(15-19)20-9-4-3-5-10-20/h3-15,36H,16H2,1-2H3,(H,33,34). The number of phenolic OH excluding ortho intramolecular Hbond substituents is 1. The number of aromatic nitrogens is 4. The second-order valence-corrected chi connectivity index (χ2v) is 8.64. The minimum atomic E-state index is -4.65. The zero-order chi connectivity index (χ0) is 26.2. The van der Waals surface area contributed by atoms with Crippen molar-refractivity contribution in [1.82, 2.24) is 20.0 Å². The lowest BCUT2D eigenvalue weighted by molar-refractivity contribution is -0.140. The molecule has 0 radical (unpaired) electrons. The van der Waals surface area contributed by atoms with E-state index in [0.29, 0.717) is 22.4 Å². The molecule has 37 heavy (non-hydrogen) atoms. The van der Waals surface area contributed by atoms with Crippen LogP contribution >= 0.6 is 0 Å². The van der Waals surface area contributed by atoms with Crippen molar-refractivity contribution in [3.8, 4) is 39.6 Å². The van der Waals surface area contributed by atoms with Gasteiger partial charge in [-0.2, -0.15) is 23.4 Å². The van der Waals surface area contributed by atoms with E-state index in [1.807, 2.05) is 36.5 Å². The number of aromatic amines is 1. The second kappa shape index (κ2) is 9.50. The molecule has 5 aromatic rings. The molecule has 0 fully saturated rings. The Kier molecular flexibility index (Phi) is 6.20. The molecule has 0 bridgehead atoms. The average molecular weight is 505 g/mol. The molecule has 0 spiro atoms. The summed E-state index contributed by atoms with van der Waals surface area (Å²) in [5.74, 6) is 0.199. The summed E-state index contributed by atoms with van der Waals surface area (Å²) in [4.78, 5) is 0. The summed E-state index contributed by atoms with van der Waals surface area (Å²) in [5, 5.41) is 21.5. The molecule has 0 saturated heterocycles. The molecule has 3 aromatic carbocycles. The first-order chi connectivity index (χ1) is 17.7. The number of nitrogens with zero attached hydrogens (tertiary/aromatic N) is 3. The van der Waals surface area contributed by atoms with Gasteiger partial charge in [0, 0.05) is 28.5 Å². The van der Waals surface area contributed by atoms with Crippen molar-refractivity contribution in [3.05, 3.63) is 102 Å². The highest BCUT2D eigenvalue weighted by Gasteiger charge is 2.38. The zero-order valence-electron chi connectivity index (χ0n) is 20.0. The monoisotopic (exact) mass is 504 g/mol. The third-order valence-electron chi connectivity index (χ3n) is 6.15. The van der Waals surface area contributed by atoms with E-state index in [9.17, 15) is 18.3 Å². The van der Waals surface area contributed by atoms with E-state index in [0.717, 1.165) is 11.3 Å². The van der Waals surface area contributed by atoms with Crippen LogP contribution in [0.3, 0.4) is 0 Å². The molecule has 0 aliphatic carbocycles. The molecule has 0 unspecified atom stereocenters. The zero-order valence-corrected chi connectivity index (χ0v) is 20.0. The number of aryl methyl sites for hydroxylation is 1. The Bertz CT molecular complexity index is 1560. The highest BCUT2D eigenvalue weighted by Crippen LogP contribution is 2.45. The minimum Gasteiger partial charge on any atom is -0.507 e. The maximum atomic E-state index is 13.8. The summed E-state index contributed by atoms with van der Waals surface area (Å²) in [6.07, 6.45) is -1.12. The van der Waals surface area contributed by atoms with Crippen molar-refractivity contribution in [2.24, 2.45) is 0 Å². The quantitative estimate of drug-likeness (QED) is 0.265. The maximum absolute atomic E-state index is 13.8. The number of rotatable bonds is 6. The van der Waals surface area contributed by atoms with E-state index in [-0.39, 0.29) is 29.2 Å². The number of halogens is 3. The molecule has 188 valence electrons. The first-order valence-electron chi connectivity index (χ1n) is 11.5. The molecular weight excluding hydrogens is 481 g/mol. The SMILES string of the molecule is Cc1ccccc1-c1c(-c2ccc(OCc3cnn(-c4ccccc4)c3)c(C)c2O)n[nH]c1C(F)(F)F. The van der Waals surface area contributed by atoms with Gasteiger partial charge in [-0.1, -0.05) is 42.5 Å². The van der Waals surface area contributed by atoms with Gasteiger partial charge in [-0.15, -0.1) is 0 Å². The van der Waals surface area contributed by atoms with Crippen molar-refractivity contribution in [2.45, 2.75) is 26.6 Å². The van der Waals surface area contributed by atoms with Crippen molar-refractivity contribution in [3.63, 3.8) is 0 Å². The molecule has 0 atom stereocenters. The molecule has 2 heterocycles. The van der Waals surface area contributed by atoms with Gasteiger partial charge in [-0.05, 0) is 49.2 Å². The van der Waals surface area contributed by atoms with Crippen molar-refractivity contribution in [2.75, 3.05) is 0 Å². The third kappa shape index (κ3) is 4.67. The predicted molar refractivity (Wildman–Crippen MR) is 133 cm³/mol. The highest BCUT2D eigenvalue weighted by molar-refractivity contribution is 5.87.